The van der Waals surface area contributed by atoms with Crippen molar-refractivity contribution >= 4 is 17.9 Å². The molecular formula is C57H90O6. The van der Waals surface area contributed by atoms with Gasteiger partial charge in [-0.15, -0.1) is 0 Å². The Morgan fingerprint density at radius 2 is 0.619 bits per heavy atom. The van der Waals surface area contributed by atoms with Crippen molar-refractivity contribution in [3.63, 3.8) is 0 Å². The lowest BCUT2D eigenvalue weighted by Crippen LogP contribution is -2.30. The SMILES string of the molecule is CC/C=C\C/C=C\C/C=C\C/C=C\C/C=C\C/C=C\CCCCCCC(=O)OCC(COC(=O)CCCCCCC)OC(=O)CCCCCC/C=C\C/C=C\C/C=C\C/C=C\CC. The Morgan fingerprint density at radius 3 is 0.952 bits per heavy atom. The fraction of sp³-hybridized carbons (Fsp3) is 0.596. The van der Waals surface area contributed by atoms with Gasteiger partial charge < -0.3 is 14.2 Å². The molecule has 1 atom stereocenters. The van der Waals surface area contributed by atoms with Crippen LogP contribution < -0.4 is 0 Å². The molecule has 6 heteroatoms. The van der Waals surface area contributed by atoms with Crippen LogP contribution in [0.5, 0.6) is 0 Å². The van der Waals surface area contributed by atoms with Gasteiger partial charge in [0, 0.05) is 19.3 Å². The lowest BCUT2D eigenvalue weighted by molar-refractivity contribution is -0.167. The van der Waals surface area contributed by atoms with E-state index in [-0.39, 0.29) is 31.1 Å². The van der Waals surface area contributed by atoms with Crippen LogP contribution >= 0.6 is 0 Å². The van der Waals surface area contributed by atoms with Gasteiger partial charge in [0.2, 0.25) is 0 Å². The largest absolute Gasteiger partial charge is 0.462 e. The quantitative estimate of drug-likeness (QED) is 0.0263. The van der Waals surface area contributed by atoms with Crippen molar-refractivity contribution in [2.45, 2.75) is 207 Å². The van der Waals surface area contributed by atoms with Gasteiger partial charge in [0.15, 0.2) is 6.10 Å². The van der Waals surface area contributed by atoms with Crippen LogP contribution in [0.3, 0.4) is 0 Å². The average Bonchev–Trinajstić information content (AvgIpc) is 3.28. The van der Waals surface area contributed by atoms with Gasteiger partial charge in [-0.3, -0.25) is 14.4 Å². The molecule has 0 spiro atoms. The van der Waals surface area contributed by atoms with Gasteiger partial charge in [-0.25, -0.2) is 0 Å². The number of esters is 3. The van der Waals surface area contributed by atoms with Gasteiger partial charge in [-0.2, -0.15) is 0 Å². The molecule has 0 amide bonds. The minimum atomic E-state index is -0.801. The molecule has 354 valence electrons. The topological polar surface area (TPSA) is 78.9 Å². The van der Waals surface area contributed by atoms with Crippen molar-refractivity contribution in [2.24, 2.45) is 0 Å². The van der Waals surface area contributed by atoms with Crippen molar-refractivity contribution in [2.75, 3.05) is 13.2 Å². The van der Waals surface area contributed by atoms with E-state index >= 15 is 0 Å². The third-order valence-corrected chi connectivity index (χ3v) is 9.96. The number of carbonyl (C=O) groups is 3. The van der Waals surface area contributed by atoms with Gasteiger partial charge in [-0.1, -0.05) is 194 Å². The van der Waals surface area contributed by atoms with E-state index in [0.29, 0.717) is 19.3 Å². The van der Waals surface area contributed by atoms with Crippen molar-refractivity contribution < 1.29 is 28.6 Å². The second-order valence-electron chi connectivity index (χ2n) is 16.0. The normalized spacial score (nSPS) is 13.1. The van der Waals surface area contributed by atoms with Crippen molar-refractivity contribution in [1.82, 2.24) is 0 Å². The molecule has 0 aromatic rings. The Balaban J connectivity index is 4.30. The molecule has 0 saturated heterocycles. The van der Waals surface area contributed by atoms with E-state index in [1.165, 1.54) is 0 Å². The molecular weight excluding hydrogens is 781 g/mol. The maximum Gasteiger partial charge on any atom is 0.306 e. The Hall–Kier alpha value is -4.19. The van der Waals surface area contributed by atoms with Crippen LogP contribution in [-0.4, -0.2) is 37.2 Å². The predicted octanol–water partition coefficient (Wildman–Crippen LogP) is 16.5. The molecule has 0 fully saturated rings. The van der Waals surface area contributed by atoms with Gasteiger partial charge in [0.05, 0.1) is 0 Å². The predicted molar refractivity (Wildman–Crippen MR) is 269 cm³/mol. The Labute approximate surface area is 386 Å². The summed E-state index contributed by atoms with van der Waals surface area (Å²) < 4.78 is 16.6. The fourth-order valence-corrected chi connectivity index (χ4v) is 6.26. The first-order chi connectivity index (χ1) is 31.0. The van der Waals surface area contributed by atoms with Crippen LogP contribution in [-0.2, 0) is 28.6 Å². The minimum Gasteiger partial charge on any atom is -0.462 e. The number of rotatable bonds is 43. The molecule has 0 N–H and O–H groups in total. The number of unbranched alkanes of at least 4 members (excludes halogenated alkanes) is 12. The molecule has 0 aliphatic heterocycles. The first-order valence-corrected chi connectivity index (χ1v) is 25.0. The van der Waals surface area contributed by atoms with E-state index in [0.717, 1.165) is 161 Å². The van der Waals surface area contributed by atoms with Gasteiger partial charge >= 0.3 is 17.9 Å². The van der Waals surface area contributed by atoms with Crippen molar-refractivity contribution in [1.29, 1.82) is 0 Å². The zero-order chi connectivity index (χ0) is 45.8. The van der Waals surface area contributed by atoms with Crippen molar-refractivity contribution in [3.05, 3.63) is 122 Å². The molecule has 6 nitrogen and oxygen atoms in total. The summed E-state index contributed by atoms with van der Waals surface area (Å²) >= 11 is 0. The lowest BCUT2D eigenvalue weighted by atomic mass is 10.1. The number of carbonyl (C=O) groups excluding carboxylic acids is 3. The Morgan fingerprint density at radius 1 is 0.333 bits per heavy atom. The summed E-state index contributed by atoms with van der Waals surface area (Å²) in [6.45, 7) is 6.26. The summed E-state index contributed by atoms with van der Waals surface area (Å²) in [6.07, 6.45) is 69.3. The second kappa shape index (κ2) is 50.5. The molecule has 63 heavy (non-hydrogen) atoms. The van der Waals surface area contributed by atoms with Crippen LogP contribution in [0, 0.1) is 0 Å². The number of hydrogen-bond acceptors (Lipinski definition) is 6. The molecule has 0 aromatic carbocycles. The summed E-state index contributed by atoms with van der Waals surface area (Å²) in [6, 6.07) is 0. The number of hydrogen-bond donors (Lipinski definition) is 0. The van der Waals surface area contributed by atoms with Crippen LogP contribution in [0.2, 0.25) is 0 Å². The lowest BCUT2D eigenvalue weighted by Gasteiger charge is -2.18. The maximum atomic E-state index is 12.7. The summed E-state index contributed by atoms with van der Waals surface area (Å²) in [7, 11) is 0. The third-order valence-electron chi connectivity index (χ3n) is 9.96. The van der Waals surface area contributed by atoms with E-state index < -0.39 is 6.10 Å². The molecule has 0 rings (SSSR count). The second-order valence-corrected chi connectivity index (χ2v) is 16.0. The van der Waals surface area contributed by atoms with Crippen LogP contribution in [0.15, 0.2) is 122 Å². The van der Waals surface area contributed by atoms with Gasteiger partial charge in [0.25, 0.3) is 0 Å². The molecule has 0 heterocycles. The van der Waals surface area contributed by atoms with Crippen LogP contribution in [0.4, 0.5) is 0 Å². The smallest absolute Gasteiger partial charge is 0.306 e. The highest BCUT2D eigenvalue weighted by molar-refractivity contribution is 5.71. The zero-order valence-corrected chi connectivity index (χ0v) is 40.3. The maximum absolute atomic E-state index is 12.7. The van der Waals surface area contributed by atoms with E-state index in [9.17, 15) is 14.4 Å². The summed E-state index contributed by atoms with van der Waals surface area (Å²) in [4.78, 5) is 37.6. The highest BCUT2D eigenvalue weighted by atomic mass is 16.6. The molecule has 0 aromatic heterocycles. The number of allylic oxidation sites excluding steroid dienone is 20. The standard InChI is InChI=1S/C57H90O6/c1-4-7-10-13-15-17-19-21-23-25-26-27-28-29-30-32-33-35-37-39-41-44-47-50-56(59)62-53-54(52-61-55(58)49-46-43-12-9-6-3)63-57(60)51-48-45-42-40-38-36-34-31-24-22-20-18-16-14-11-8-5-2/h7-8,10-11,15-18,21-24,26-27,29-30,33-36,54H,4-6,9,12-14,19-20,25,28,31-32,37-53H2,1-3H3/b10-7-,11-8-,17-15-,18-16-,23-21-,24-22-,27-26-,30-29-,35-33-,36-34-. The third kappa shape index (κ3) is 48.7. The molecule has 0 aliphatic carbocycles. The average molecular weight is 871 g/mol. The van der Waals surface area contributed by atoms with E-state index in [1.807, 2.05) is 0 Å². The van der Waals surface area contributed by atoms with Gasteiger partial charge in [-0.05, 0) is 109 Å². The molecule has 1 unspecified atom stereocenters. The van der Waals surface area contributed by atoms with E-state index in [2.05, 4.69) is 142 Å². The zero-order valence-electron chi connectivity index (χ0n) is 40.3. The van der Waals surface area contributed by atoms with Crippen molar-refractivity contribution in [3.8, 4) is 0 Å². The van der Waals surface area contributed by atoms with E-state index in [1.54, 1.807) is 0 Å². The summed E-state index contributed by atoms with van der Waals surface area (Å²) in [5, 5.41) is 0. The van der Waals surface area contributed by atoms with E-state index in [4.69, 9.17) is 14.2 Å². The summed E-state index contributed by atoms with van der Waals surface area (Å²) in [5.74, 6) is -0.975. The fourth-order valence-electron chi connectivity index (χ4n) is 6.26. The summed E-state index contributed by atoms with van der Waals surface area (Å²) in [5.41, 5.74) is 0. The minimum absolute atomic E-state index is 0.101. The first kappa shape index (κ1) is 58.8. The van der Waals surface area contributed by atoms with Crippen LogP contribution in [0.1, 0.15) is 201 Å². The molecule has 0 aliphatic rings. The molecule has 0 radical (unpaired) electrons. The Kier molecular flexibility index (Phi) is 47.1. The van der Waals surface area contributed by atoms with Crippen LogP contribution in [0.25, 0.3) is 0 Å². The Bertz CT molecular complexity index is 1370. The highest BCUT2D eigenvalue weighted by Crippen LogP contribution is 2.12. The monoisotopic (exact) mass is 871 g/mol. The van der Waals surface area contributed by atoms with Gasteiger partial charge in [0.1, 0.15) is 13.2 Å². The number of ether oxygens (including phenoxy) is 3. The molecule has 0 saturated carbocycles. The highest BCUT2D eigenvalue weighted by Gasteiger charge is 2.19. The molecule has 0 bridgehead atoms. The first-order valence-electron chi connectivity index (χ1n) is 25.0.